The van der Waals surface area contributed by atoms with Gasteiger partial charge in [-0.2, -0.15) is 0 Å². The first-order valence-corrected chi connectivity index (χ1v) is 5.48. The molecule has 0 rings (SSSR count). The average Bonchev–Trinajstić information content (AvgIpc) is 2.08. The zero-order valence-corrected chi connectivity index (χ0v) is 10.6. The smallest absolute Gasteiger partial charge is 0.116 e. The lowest BCUT2D eigenvalue weighted by molar-refractivity contribution is -0.106. The van der Waals surface area contributed by atoms with Gasteiger partial charge in [-0.3, -0.25) is 0 Å². The van der Waals surface area contributed by atoms with Gasteiger partial charge in [0.05, 0.1) is 0 Å². The SMILES string of the molecule is CC.CC=O.CC[C@H](C)CC(C)C. The molecule has 0 amide bonds. The third-order valence-electron chi connectivity index (χ3n) is 1.57. The van der Waals surface area contributed by atoms with Gasteiger partial charge >= 0.3 is 0 Å². The van der Waals surface area contributed by atoms with Gasteiger partial charge in [0.2, 0.25) is 0 Å². The summed E-state index contributed by atoms with van der Waals surface area (Å²) < 4.78 is 0. The molecule has 13 heavy (non-hydrogen) atoms. The zero-order chi connectivity index (χ0) is 11.3. The Labute approximate surface area is 84.9 Å². The van der Waals surface area contributed by atoms with E-state index in [0.717, 1.165) is 18.1 Å². The predicted molar refractivity (Wildman–Crippen MR) is 62.0 cm³/mol. The number of carbonyl (C=O) groups is 1. The minimum Gasteiger partial charge on any atom is -0.304 e. The van der Waals surface area contributed by atoms with Gasteiger partial charge in [0.25, 0.3) is 0 Å². The van der Waals surface area contributed by atoms with Crippen molar-refractivity contribution in [3.63, 3.8) is 0 Å². The Morgan fingerprint density at radius 1 is 1.15 bits per heavy atom. The molecular formula is C12H28O. The Hall–Kier alpha value is -0.330. The van der Waals surface area contributed by atoms with Crippen LogP contribution in [0.3, 0.4) is 0 Å². The van der Waals surface area contributed by atoms with Gasteiger partial charge in [0.15, 0.2) is 0 Å². The minimum absolute atomic E-state index is 0.750. The highest BCUT2D eigenvalue weighted by Crippen LogP contribution is 2.12. The van der Waals surface area contributed by atoms with Gasteiger partial charge in [-0.25, -0.2) is 0 Å². The van der Waals surface area contributed by atoms with E-state index < -0.39 is 0 Å². The molecule has 82 valence electrons. The molecule has 0 aromatic rings. The molecule has 0 bridgehead atoms. The zero-order valence-electron chi connectivity index (χ0n) is 10.6. The number of rotatable bonds is 3. The summed E-state index contributed by atoms with van der Waals surface area (Å²) >= 11 is 0. The van der Waals surface area contributed by atoms with Gasteiger partial charge in [-0.15, -0.1) is 0 Å². The molecule has 0 radical (unpaired) electrons. The highest BCUT2D eigenvalue weighted by molar-refractivity contribution is 5.44. The maximum atomic E-state index is 8.81. The fraction of sp³-hybridized carbons (Fsp3) is 0.917. The number of aldehydes is 1. The van der Waals surface area contributed by atoms with Crippen LogP contribution < -0.4 is 0 Å². The number of carbonyl (C=O) groups excluding carboxylic acids is 1. The van der Waals surface area contributed by atoms with E-state index in [1.807, 2.05) is 13.8 Å². The average molecular weight is 188 g/mol. The lowest BCUT2D eigenvalue weighted by Gasteiger charge is -2.09. The Kier molecular flexibility index (Phi) is 25.1. The predicted octanol–water partition coefficient (Wildman–Crippen LogP) is 4.31. The second kappa shape index (κ2) is 17.7. The molecule has 0 aliphatic rings. The van der Waals surface area contributed by atoms with Crippen LogP contribution in [-0.2, 0) is 4.79 Å². The van der Waals surface area contributed by atoms with E-state index in [-0.39, 0.29) is 0 Å². The van der Waals surface area contributed by atoms with Gasteiger partial charge < -0.3 is 4.79 Å². The second-order valence-electron chi connectivity index (χ2n) is 3.38. The van der Waals surface area contributed by atoms with Crippen molar-refractivity contribution in [3.8, 4) is 0 Å². The summed E-state index contributed by atoms with van der Waals surface area (Å²) in [4.78, 5) is 8.81. The van der Waals surface area contributed by atoms with Crippen LogP contribution in [0.4, 0.5) is 0 Å². The van der Waals surface area contributed by atoms with Crippen LogP contribution in [0, 0.1) is 11.8 Å². The molecule has 0 aliphatic heterocycles. The Balaban J connectivity index is -0.000000169. The quantitative estimate of drug-likeness (QED) is 0.603. The standard InChI is InChI=1S/C8H18.C2H4O.C2H6/c1-5-8(4)6-7(2)3;1-2-3;1-2/h7-8H,5-6H2,1-4H3;2H,1H3;1-2H3/t8-;;/m0../s1. The first kappa shape index (κ1) is 18.5. The summed E-state index contributed by atoms with van der Waals surface area (Å²) in [5, 5.41) is 0. The van der Waals surface area contributed by atoms with Gasteiger partial charge in [-0.1, -0.05) is 48.0 Å². The van der Waals surface area contributed by atoms with Crippen molar-refractivity contribution >= 4 is 6.29 Å². The van der Waals surface area contributed by atoms with Crippen LogP contribution in [0.2, 0.25) is 0 Å². The van der Waals surface area contributed by atoms with Crippen molar-refractivity contribution in [3.05, 3.63) is 0 Å². The van der Waals surface area contributed by atoms with Crippen molar-refractivity contribution in [2.45, 2.75) is 61.3 Å². The highest BCUT2D eigenvalue weighted by Gasteiger charge is 2.00. The molecule has 0 unspecified atom stereocenters. The van der Waals surface area contributed by atoms with Crippen molar-refractivity contribution in [2.75, 3.05) is 0 Å². The first-order chi connectivity index (χ1) is 6.08. The van der Waals surface area contributed by atoms with E-state index in [1.54, 1.807) is 0 Å². The van der Waals surface area contributed by atoms with E-state index in [1.165, 1.54) is 19.8 Å². The van der Waals surface area contributed by atoms with E-state index in [0.29, 0.717) is 0 Å². The minimum atomic E-state index is 0.750. The molecule has 0 saturated heterocycles. The van der Waals surface area contributed by atoms with Gasteiger partial charge in [0.1, 0.15) is 6.29 Å². The lowest BCUT2D eigenvalue weighted by Crippen LogP contribution is -1.97. The van der Waals surface area contributed by atoms with E-state index >= 15 is 0 Å². The third kappa shape index (κ3) is 33.9. The molecule has 0 N–H and O–H groups in total. The Morgan fingerprint density at radius 2 is 1.46 bits per heavy atom. The summed E-state index contributed by atoms with van der Waals surface area (Å²) in [5.41, 5.74) is 0. The van der Waals surface area contributed by atoms with E-state index in [4.69, 9.17) is 4.79 Å². The molecule has 1 nitrogen and oxygen atoms in total. The van der Waals surface area contributed by atoms with Crippen LogP contribution in [-0.4, -0.2) is 6.29 Å². The molecule has 0 heterocycles. The number of hydrogen-bond donors (Lipinski definition) is 0. The van der Waals surface area contributed by atoms with Crippen molar-refractivity contribution < 1.29 is 4.79 Å². The maximum Gasteiger partial charge on any atom is 0.116 e. The summed E-state index contributed by atoms with van der Waals surface area (Å²) in [6.07, 6.45) is 3.47. The van der Waals surface area contributed by atoms with Crippen LogP contribution in [0.15, 0.2) is 0 Å². The van der Waals surface area contributed by atoms with Crippen molar-refractivity contribution in [1.82, 2.24) is 0 Å². The topological polar surface area (TPSA) is 17.1 Å². The second-order valence-corrected chi connectivity index (χ2v) is 3.38. The van der Waals surface area contributed by atoms with Crippen LogP contribution >= 0.6 is 0 Å². The molecule has 0 aromatic heterocycles. The largest absolute Gasteiger partial charge is 0.304 e. The van der Waals surface area contributed by atoms with E-state index in [9.17, 15) is 0 Å². The van der Waals surface area contributed by atoms with Crippen molar-refractivity contribution in [2.24, 2.45) is 11.8 Å². The first-order valence-electron chi connectivity index (χ1n) is 5.48. The Bertz CT molecular complexity index is 77.2. The molecular weight excluding hydrogens is 160 g/mol. The normalized spacial score (nSPS) is 10.5. The molecule has 0 aliphatic carbocycles. The van der Waals surface area contributed by atoms with E-state index in [2.05, 4.69) is 27.7 Å². The summed E-state index contributed by atoms with van der Waals surface area (Å²) in [6.45, 7) is 14.6. The van der Waals surface area contributed by atoms with Gasteiger partial charge in [-0.05, 0) is 25.2 Å². The van der Waals surface area contributed by atoms with Crippen LogP contribution in [0.5, 0.6) is 0 Å². The fourth-order valence-electron chi connectivity index (χ4n) is 0.971. The number of hydrogen-bond acceptors (Lipinski definition) is 1. The summed E-state index contributed by atoms with van der Waals surface area (Å²) in [6, 6.07) is 0. The lowest BCUT2D eigenvalue weighted by atomic mass is 9.97. The highest BCUT2D eigenvalue weighted by atomic mass is 16.1. The fourth-order valence-corrected chi connectivity index (χ4v) is 0.971. The molecule has 0 saturated carbocycles. The Morgan fingerprint density at radius 3 is 1.54 bits per heavy atom. The molecule has 0 aromatic carbocycles. The molecule has 0 fully saturated rings. The van der Waals surface area contributed by atoms with Crippen LogP contribution in [0.1, 0.15) is 61.3 Å². The maximum absolute atomic E-state index is 8.81. The summed E-state index contributed by atoms with van der Waals surface area (Å²) in [5.74, 6) is 1.81. The van der Waals surface area contributed by atoms with Gasteiger partial charge in [0, 0.05) is 0 Å². The van der Waals surface area contributed by atoms with Crippen LogP contribution in [0.25, 0.3) is 0 Å². The summed E-state index contributed by atoms with van der Waals surface area (Å²) in [7, 11) is 0. The monoisotopic (exact) mass is 188 g/mol. The molecule has 1 atom stereocenters. The van der Waals surface area contributed by atoms with Crippen molar-refractivity contribution in [1.29, 1.82) is 0 Å². The molecule has 1 heteroatoms. The third-order valence-corrected chi connectivity index (χ3v) is 1.57. The molecule has 0 spiro atoms.